The van der Waals surface area contributed by atoms with E-state index in [-0.39, 0.29) is 30.7 Å². The van der Waals surface area contributed by atoms with Gasteiger partial charge < -0.3 is 31.3 Å². The van der Waals surface area contributed by atoms with Crippen LogP contribution in [0.15, 0.2) is 0 Å². The highest BCUT2D eigenvalue weighted by Crippen LogP contribution is 2.65. The van der Waals surface area contributed by atoms with Gasteiger partial charge in [-0.1, -0.05) is 59.3 Å². The third kappa shape index (κ3) is 8.71. The van der Waals surface area contributed by atoms with E-state index >= 15 is 0 Å². The zero-order valence-corrected chi connectivity index (χ0v) is 29.8. The van der Waals surface area contributed by atoms with E-state index in [4.69, 9.17) is 33.7 Å². The summed E-state index contributed by atoms with van der Waals surface area (Å²) in [5, 5.41) is 8.29. The second-order valence-electron chi connectivity index (χ2n) is 15.9. The first-order valence-electron chi connectivity index (χ1n) is 16.8. The number of hydrogen-bond acceptors (Lipinski definition) is 7. The van der Waals surface area contributed by atoms with Gasteiger partial charge in [0.1, 0.15) is 28.1 Å². The Morgan fingerprint density at radius 1 is 0.894 bits per heavy atom. The van der Waals surface area contributed by atoms with E-state index in [2.05, 4.69) is 16.0 Å². The highest BCUT2D eigenvalue weighted by molar-refractivity contribution is 6.51. The maximum absolute atomic E-state index is 14.4. The van der Waals surface area contributed by atoms with Gasteiger partial charge in [-0.05, 0) is 57.3 Å². The van der Waals surface area contributed by atoms with Gasteiger partial charge in [-0.15, -0.1) is 23.2 Å². The highest BCUT2D eigenvalue weighted by atomic mass is 35.5. The number of rotatable bonds is 11. The van der Waals surface area contributed by atoms with Crippen LogP contribution in [-0.2, 0) is 28.7 Å². The summed E-state index contributed by atoms with van der Waals surface area (Å²) < 4.78 is 4.33. The van der Waals surface area contributed by atoms with Crippen LogP contribution in [0.5, 0.6) is 0 Å². The largest absolute Gasteiger partial charge is 0.458 e. The van der Waals surface area contributed by atoms with Gasteiger partial charge in [0, 0.05) is 18.4 Å². The van der Waals surface area contributed by atoms with Gasteiger partial charge in [-0.2, -0.15) is 0 Å². The molecule has 4 rings (SSSR count). The summed E-state index contributed by atoms with van der Waals surface area (Å²) in [6.07, 6.45) is 7.17. The fourth-order valence-electron chi connectivity index (χ4n) is 7.19. The standard InChI is InChI=1S/C33H51Cl2N5O7/c1-31(2,3)25(29(45)47-32(4,5)6)39-30(46)38-22(18-13-8-7-9-14-18)28(44)40-16-19-21(33(19,34)35)23(40)27(43)37-20(24(41)26(36)42)15-17-11-10-12-17/h17-23,25H,7-16H2,1-6H3,(H2,36,42)(H,37,43)(H2,38,39,46)/t19-,20?,21-,22-,23-,25+/m0/s1. The molecule has 6 atom stereocenters. The molecule has 4 aliphatic rings. The number of amides is 5. The molecule has 1 heterocycles. The van der Waals surface area contributed by atoms with E-state index in [0.717, 1.165) is 38.5 Å². The van der Waals surface area contributed by atoms with Gasteiger partial charge in [0.2, 0.25) is 17.6 Å². The van der Waals surface area contributed by atoms with Crippen molar-refractivity contribution >= 4 is 58.7 Å². The first-order chi connectivity index (χ1) is 21.7. The Kier molecular flexibility index (Phi) is 11.2. The zero-order chi connectivity index (χ0) is 35.1. The number of carbonyl (C=O) groups excluding carboxylic acids is 6. The molecule has 1 unspecified atom stereocenters. The number of nitrogens with zero attached hydrogens (tertiary/aromatic N) is 1. The molecular weight excluding hydrogens is 649 g/mol. The number of halogens is 2. The fraction of sp³-hybridized carbons (Fsp3) is 0.818. The third-order valence-corrected chi connectivity index (χ3v) is 11.1. The van der Waals surface area contributed by atoms with Crippen LogP contribution in [0.3, 0.4) is 0 Å². The summed E-state index contributed by atoms with van der Waals surface area (Å²) >= 11 is 13.1. The number of ether oxygens (including phenoxy) is 1. The van der Waals surface area contributed by atoms with Crippen LogP contribution >= 0.6 is 23.2 Å². The van der Waals surface area contributed by atoms with Gasteiger partial charge in [-0.3, -0.25) is 19.2 Å². The number of carbonyl (C=O) groups is 6. The van der Waals surface area contributed by atoms with Gasteiger partial charge in [0.15, 0.2) is 0 Å². The number of likely N-dealkylation sites (tertiary alicyclic amines) is 1. The monoisotopic (exact) mass is 699 g/mol. The molecule has 0 aromatic carbocycles. The van der Waals surface area contributed by atoms with E-state index in [1.807, 2.05) is 0 Å². The number of primary amides is 1. The number of hydrogen-bond donors (Lipinski definition) is 4. The number of esters is 1. The Hall–Kier alpha value is -2.60. The van der Waals surface area contributed by atoms with Crippen molar-refractivity contribution in [3.05, 3.63) is 0 Å². The molecule has 5 amide bonds. The van der Waals surface area contributed by atoms with Crippen LogP contribution in [-0.4, -0.2) is 81.1 Å². The van der Waals surface area contributed by atoms with Crippen molar-refractivity contribution in [2.75, 3.05) is 6.54 Å². The van der Waals surface area contributed by atoms with Gasteiger partial charge in [0.25, 0.3) is 5.91 Å². The Morgan fingerprint density at radius 2 is 1.51 bits per heavy atom. The molecule has 3 aliphatic carbocycles. The van der Waals surface area contributed by atoms with E-state index < -0.39 is 80.9 Å². The molecule has 12 nitrogen and oxygen atoms in total. The SMILES string of the molecule is CC(C)(C)OC(=O)[C@@H](NC(=O)N[C@H](C(=O)N1C[C@H]2[C@@H]([C@H]1C(=O)NC(CC1CCC1)C(=O)C(N)=O)C2(Cl)Cl)C1CCCCC1)C(C)(C)C. The normalized spacial score (nSPS) is 26.1. The highest BCUT2D eigenvalue weighted by Gasteiger charge is 2.74. The number of Topliss-reactive ketones (excluding diaryl/α,β-unsaturated/α-hetero) is 1. The first kappa shape index (κ1) is 37.2. The summed E-state index contributed by atoms with van der Waals surface area (Å²) in [6.45, 7) is 10.7. The van der Waals surface area contributed by atoms with Crippen molar-refractivity contribution in [2.45, 2.75) is 133 Å². The van der Waals surface area contributed by atoms with Crippen molar-refractivity contribution in [1.29, 1.82) is 0 Å². The minimum absolute atomic E-state index is 0.0840. The van der Waals surface area contributed by atoms with E-state index in [0.29, 0.717) is 12.8 Å². The molecule has 0 bridgehead atoms. The molecular formula is C33H51Cl2N5O7. The van der Waals surface area contributed by atoms with Crippen molar-refractivity contribution in [2.24, 2.45) is 34.8 Å². The van der Waals surface area contributed by atoms with E-state index in [1.165, 1.54) is 4.90 Å². The molecule has 0 radical (unpaired) electrons. The maximum Gasteiger partial charge on any atom is 0.329 e. The molecule has 1 saturated heterocycles. The van der Waals surface area contributed by atoms with Crippen LogP contribution in [0.2, 0.25) is 0 Å². The molecule has 3 saturated carbocycles. The summed E-state index contributed by atoms with van der Waals surface area (Å²) in [4.78, 5) is 80.9. The number of urea groups is 1. The number of alkyl halides is 2. The predicted molar refractivity (Wildman–Crippen MR) is 176 cm³/mol. The van der Waals surface area contributed by atoms with Gasteiger partial charge in [0.05, 0.1) is 6.04 Å². The topological polar surface area (TPSA) is 177 Å². The average Bonchev–Trinajstić information content (AvgIpc) is 3.25. The Labute approximate surface area is 287 Å². The average molecular weight is 701 g/mol. The lowest BCUT2D eigenvalue weighted by Crippen LogP contribution is -2.62. The van der Waals surface area contributed by atoms with Crippen LogP contribution in [0, 0.1) is 29.1 Å². The zero-order valence-electron chi connectivity index (χ0n) is 28.3. The Balaban J connectivity index is 1.56. The molecule has 4 fully saturated rings. The van der Waals surface area contributed by atoms with Gasteiger partial charge >= 0.3 is 12.0 Å². The first-order valence-corrected chi connectivity index (χ1v) is 17.6. The van der Waals surface area contributed by atoms with Crippen LogP contribution in [0.25, 0.3) is 0 Å². The minimum atomic E-state index is -1.24. The summed E-state index contributed by atoms with van der Waals surface area (Å²) in [7, 11) is 0. The molecule has 5 N–H and O–H groups in total. The van der Waals surface area contributed by atoms with Crippen LogP contribution in [0.4, 0.5) is 4.79 Å². The van der Waals surface area contributed by atoms with Crippen LogP contribution in [0.1, 0.15) is 99.3 Å². The Bertz CT molecular complexity index is 1250. The van der Waals surface area contributed by atoms with Crippen molar-refractivity contribution in [1.82, 2.24) is 20.9 Å². The number of fused-ring (bicyclic) bond motifs is 1. The number of nitrogens with two attached hydrogens (primary N) is 1. The summed E-state index contributed by atoms with van der Waals surface area (Å²) in [5.74, 6) is -4.77. The molecule has 0 spiro atoms. The molecule has 1 aliphatic heterocycles. The maximum atomic E-state index is 14.4. The number of nitrogens with one attached hydrogen (secondary N) is 3. The molecule has 47 heavy (non-hydrogen) atoms. The second-order valence-corrected chi connectivity index (χ2v) is 17.3. The van der Waals surface area contributed by atoms with E-state index in [1.54, 1.807) is 41.5 Å². The lowest BCUT2D eigenvalue weighted by atomic mass is 9.80. The van der Waals surface area contributed by atoms with Gasteiger partial charge in [-0.25, -0.2) is 9.59 Å². The lowest BCUT2D eigenvalue weighted by Gasteiger charge is -2.37. The predicted octanol–water partition coefficient (Wildman–Crippen LogP) is 3.35. The summed E-state index contributed by atoms with van der Waals surface area (Å²) in [6, 6.07) is -4.96. The smallest absolute Gasteiger partial charge is 0.329 e. The molecule has 14 heteroatoms. The molecule has 0 aromatic heterocycles. The molecule has 264 valence electrons. The van der Waals surface area contributed by atoms with E-state index in [9.17, 15) is 28.8 Å². The van der Waals surface area contributed by atoms with Crippen molar-refractivity contribution in [3.8, 4) is 0 Å². The quantitative estimate of drug-likeness (QED) is 0.145. The number of ketones is 1. The number of piperidine rings is 1. The minimum Gasteiger partial charge on any atom is -0.458 e. The van der Waals surface area contributed by atoms with Crippen molar-refractivity contribution in [3.63, 3.8) is 0 Å². The second kappa shape index (κ2) is 14.1. The summed E-state index contributed by atoms with van der Waals surface area (Å²) in [5.41, 5.74) is 3.84. The Morgan fingerprint density at radius 3 is 2.02 bits per heavy atom. The molecule has 0 aromatic rings. The van der Waals surface area contributed by atoms with Crippen LogP contribution < -0.4 is 21.7 Å². The lowest BCUT2D eigenvalue weighted by molar-refractivity contribution is -0.160. The fourth-order valence-corrected chi connectivity index (χ4v) is 8.01. The third-order valence-electron chi connectivity index (χ3n) is 10.0. The van der Waals surface area contributed by atoms with Crippen molar-refractivity contribution < 1.29 is 33.5 Å².